The van der Waals surface area contributed by atoms with Crippen LogP contribution in [0.4, 0.5) is 0 Å². The van der Waals surface area contributed by atoms with E-state index in [-0.39, 0.29) is 0 Å². The summed E-state index contributed by atoms with van der Waals surface area (Å²) in [6, 6.07) is 7.03. The summed E-state index contributed by atoms with van der Waals surface area (Å²) in [4.78, 5) is 23.9. The van der Waals surface area contributed by atoms with Crippen LogP contribution in [0.15, 0.2) is 40.2 Å². The minimum atomic E-state index is -1.11. The molecular weight excluding hydrogens is 366 g/mol. The third-order valence-corrected chi connectivity index (χ3v) is 4.09. The SMILES string of the molecule is O=C(NC(C(=O)O)c1cccs1)c1cc(Cl)cc(Br)c1. The van der Waals surface area contributed by atoms with Crippen LogP contribution in [0.25, 0.3) is 0 Å². The lowest BCUT2D eigenvalue weighted by molar-refractivity contribution is -0.139. The van der Waals surface area contributed by atoms with Gasteiger partial charge in [0.1, 0.15) is 0 Å². The smallest absolute Gasteiger partial charge is 0.331 e. The average Bonchev–Trinajstić information content (AvgIpc) is 2.87. The van der Waals surface area contributed by atoms with Crippen molar-refractivity contribution in [2.24, 2.45) is 0 Å². The van der Waals surface area contributed by atoms with Crippen molar-refractivity contribution in [2.75, 3.05) is 0 Å². The zero-order valence-corrected chi connectivity index (χ0v) is 13.1. The van der Waals surface area contributed by atoms with Crippen LogP contribution in [0, 0.1) is 0 Å². The summed E-state index contributed by atoms with van der Waals surface area (Å²) in [5, 5.41) is 13.8. The molecule has 0 aliphatic rings. The molecule has 4 nitrogen and oxygen atoms in total. The Labute approximate surface area is 132 Å². The minimum Gasteiger partial charge on any atom is -0.479 e. The van der Waals surface area contributed by atoms with Gasteiger partial charge in [0.15, 0.2) is 6.04 Å². The summed E-state index contributed by atoms with van der Waals surface area (Å²) in [6.45, 7) is 0. The Morgan fingerprint density at radius 3 is 2.65 bits per heavy atom. The molecule has 0 aliphatic carbocycles. The van der Waals surface area contributed by atoms with Gasteiger partial charge >= 0.3 is 5.97 Å². The van der Waals surface area contributed by atoms with Gasteiger partial charge in [0.2, 0.25) is 0 Å². The van der Waals surface area contributed by atoms with Gasteiger partial charge in [-0.25, -0.2) is 4.79 Å². The van der Waals surface area contributed by atoms with Crippen molar-refractivity contribution >= 4 is 50.7 Å². The largest absolute Gasteiger partial charge is 0.479 e. The first kappa shape index (κ1) is 15.0. The normalized spacial score (nSPS) is 11.9. The molecule has 0 saturated carbocycles. The fraction of sp³-hybridized carbons (Fsp3) is 0.0769. The molecule has 0 radical (unpaired) electrons. The molecule has 1 unspecified atom stereocenters. The summed E-state index contributed by atoms with van der Waals surface area (Å²) in [6.07, 6.45) is 0. The molecule has 0 bridgehead atoms. The summed E-state index contributed by atoms with van der Waals surface area (Å²) < 4.78 is 0.651. The quantitative estimate of drug-likeness (QED) is 0.857. The predicted molar refractivity (Wildman–Crippen MR) is 81.3 cm³/mol. The molecule has 0 saturated heterocycles. The van der Waals surface area contributed by atoms with Crippen molar-refractivity contribution in [3.8, 4) is 0 Å². The first-order chi connectivity index (χ1) is 9.47. The molecule has 0 spiro atoms. The Balaban J connectivity index is 2.23. The number of carboxylic acids is 1. The molecule has 20 heavy (non-hydrogen) atoms. The Morgan fingerprint density at radius 1 is 1.35 bits per heavy atom. The van der Waals surface area contributed by atoms with Gasteiger partial charge in [-0.1, -0.05) is 33.6 Å². The van der Waals surface area contributed by atoms with E-state index in [4.69, 9.17) is 11.6 Å². The van der Waals surface area contributed by atoms with Crippen molar-refractivity contribution in [1.29, 1.82) is 0 Å². The van der Waals surface area contributed by atoms with Gasteiger partial charge in [0, 0.05) is 19.9 Å². The van der Waals surface area contributed by atoms with E-state index in [1.54, 1.807) is 29.6 Å². The first-order valence-electron chi connectivity index (χ1n) is 5.50. The Bertz CT molecular complexity index is 625. The summed E-state index contributed by atoms with van der Waals surface area (Å²) in [5.74, 6) is -1.60. The average molecular weight is 375 g/mol. The molecule has 0 aliphatic heterocycles. The van der Waals surface area contributed by atoms with Crippen LogP contribution in [-0.2, 0) is 4.79 Å². The van der Waals surface area contributed by atoms with E-state index in [2.05, 4.69) is 21.2 Å². The fourth-order valence-corrected chi connectivity index (χ4v) is 3.24. The van der Waals surface area contributed by atoms with E-state index in [1.165, 1.54) is 17.4 Å². The molecule has 1 aromatic carbocycles. The van der Waals surface area contributed by atoms with Crippen molar-refractivity contribution in [1.82, 2.24) is 5.32 Å². The number of carbonyl (C=O) groups is 2. The van der Waals surface area contributed by atoms with E-state index in [1.807, 2.05) is 0 Å². The van der Waals surface area contributed by atoms with Gasteiger partial charge in [-0.05, 0) is 29.6 Å². The van der Waals surface area contributed by atoms with Crippen LogP contribution in [0.3, 0.4) is 0 Å². The Hall–Kier alpha value is -1.37. The number of carboxylic acid groups (broad SMARTS) is 1. The van der Waals surface area contributed by atoms with Gasteiger partial charge in [0.05, 0.1) is 0 Å². The number of hydrogen-bond acceptors (Lipinski definition) is 3. The third kappa shape index (κ3) is 3.59. The number of halogens is 2. The number of benzene rings is 1. The number of aliphatic carboxylic acids is 1. The summed E-state index contributed by atoms with van der Waals surface area (Å²) in [5.41, 5.74) is 0.298. The number of amides is 1. The maximum Gasteiger partial charge on any atom is 0.331 e. The molecule has 1 heterocycles. The lowest BCUT2D eigenvalue weighted by Crippen LogP contribution is -2.33. The van der Waals surface area contributed by atoms with Crippen LogP contribution in [0.2, 0.25) is 5.02 Å². The highest BCUT2D eigenvalue weighted by atomic mass is 79.9. The van der Waals surface area contributed by atoms with Crippen LogP contribution < -0.4 is 5.32 Å². The molecule has 7 heteroatoms. The van der Waals surface area contributed by atoms with Gasteiger partial charge < -0.3 is 10.4 Å². The molecule has 0 fully saturated rings. The zero-order chi connectivity index (χ0) is 14.7. The number of hydrogen-bond donors (Lipinski definition) is 2. The number of nitrogens with one attached hydrogen (secondary N) is 1. The third-order valence-electron chi connectivity index (χ3n) is 2.47. The van der Waals surface area contributed by atoms with E-state index >= 15 is 0 Å². The van der Waals surface area contributed by atoms with Gasteiger partial charge in [-0.2, -0.15) is 0 Å². The van der Waals surface area contributed by atoms with Crippen LogP contribution in [0.1, 0.15) is 21.3 Å². The standard InChI is InChI=1S/C13H9BrClNO3S/c14-8-4-7(5-9(15)6-8)12(17)16-11(13(18)19)10-2-1-3-20-10/h1-6,11H,(H,16,17)(H,18,19). The van der Waals surface area contributed by atoms with Gasteiger partial charge in [0.25, 0.3) is 5.91 Å². The lowest BCUT2D eigenvalue weighted by Gasteiger charge is -2.13. The van der Waals surface area contributed by atoms with Crippen LogP contribution >= 0.6 is 38.9 Å². The second kappa shape index (κ2) is 6.39. The van der Waals surface area contributed by atoms with E-state index in [0.717, 1.165) is 0 Å². The molecule has 1 aromatic heterocycles. The molecule has 104 valence electrons. The van der Waals surface area contributed by atoms with Crippen molar-refractivity contribution < 1.29 is 14.7 Å². The molecule has 1 atom stereocenters. The molecule has 2 aromatic rings. The Morgan fingerprint density at radius 2 is 2.10 bits per heavy atom. The number of rotatable bonds is 4. The second-order valence-corrected chi connectivity index (χ2v) is 6.25. The van der Waals surface area contributed by atoms with Crippen molar-refractivity contribution in [3.05, 3.63) is 55.6 Å². The number of thiophene rings is 1. The molecular formula is C13H9BrClNO3S. The van der Waals surface area contributed by atoms with Gasteiger partial charge in [-0.3, -0.25) is 4.79 Å². The molecule has 2 rings (SSSR count). The number of carbonyl (C=O) groups excluding carboxylic acids is 1. The van der Waals surface area contributed by atoms with Crippen LogP contribution in [-0.4, -0.2) is 17.0 Å². The predicted octanol–water partition coefficient (Wildman–Crippen LogP) is 3.72. The zero-order valence-electron chi connectivity index (χ0n) is 9.97. The fourth-order valence-electron chi connectivity index (χ4n) is 1.61. The highest BCUT2D eigenvalue weighted by Crippen LogP contribution is 2.22. The van der Waals surface area contributed by atoms with E-state index < -0.39 is 17.9 Å². The van der Waals surface area contributed by atoms with Crippen LogP contribution in [0.5, 0.6) is 0 Å². The topological polar surface area (TPSA) is 66.4 Å². The second-order valence-electron chi connectivity index (χ2n) is 3.92. The monoisotopic (exact) mass is 373 g/mol. The van der Waals surface area contributed by atoms with E-state index in [9.17, 15) is 14.7 Å². The minimum absolute atomic E-state index is 0.298. The highest BCUT2D eigenvalue weighted by Gasteiger charge is 2.23. The molecule has 1 amide bonds. The summed E-state index contributed by atoms with van der Waals surface area (Å²) in [7, 11) is 0. The highest BCUT2D eigenvalue weighted by molar-refractivity contribution is 9.10. The maximum absolute atomic E-state index is 12.1. The van der Waals surface area contributed by atoms with Gasteiger partial charge in [-0.15, -0.1) is 11.3 Å². The molecule has 2 N–H and O–H groups in total. The summed E-state index contributed by atoms with van der Waals surface area (Å²) >= 11 is 10.4. The lowest BCUT2D eigenvalue weighted by atomic mass is 10.2. The maximum atomic E-state index is 12.1. The van der Waals surface area contributed by atoms with Crippen molar-refractivity contribution in [3.63, 3.8) is 0 Å². The Kier molecular flexibility index (Phi) is 4.80. The van der Waals surface area contributed by atoms with E-state index in [0.29, 0.717) is 19.9 Å². The first-order valence-corrected chi connectivity index (χ1v) is 7.55. The van der Waals surface area contributed by atoms with Crippen molar-refractivity contribution in [2.45, 2.75) is 6.04 Å².